The first kappa shape index (κ1) is 14.2. The number of carbonyl (C=O) groups excluding carboxylic acids is 1. The van der Waals surface area contributed by atoms with E-state index in [-0.39, 0.29) is 5.91 Å². The predicted molar refractivity (Wildman–Crippen MR) is 91.0 cm³/mol. The molecule has 0 bridgehead atoms. The van der Waals surface area contributed by atoms with Crippen molar-refractivity contribution < 1.29 is 4.79 Å². The summed E-state index contributed by atoms with van der Waals surface area (Å²) in [6.45, 7) is 0. The first-order chi connectivity index (χ1) is 11.2. The second kappa shape index (κ2) is 5.64. The van der Waals surface area contributed by atoms with Crippen LogP contribution in [0.2, 0.25) is 5.02 Å². The number of amides is 1. The van der Waals surface area contributed by atoms with Crippen molar-refractivity contribution in [2.75, 3.05) is 10.2 Å². The number of fused-ring (bicyclic) bond motifs is 1. The number of hydrogen-bond donors (Lipinski definition) is 1. The minimum Gasteiger partial charge on any atom is -0.359 e. The van der Waals surface area contributed by atoms with Gasteiger partial charge in [-0.2, -0.15) is 0 Å². The van der Waals surface area contributed by atoms with Crippen molar-refractivity contribution in [3.63, 3.8) is 0 Å². The van der Waals surface area contributed by atoms with E-state index in [9.17, 15) is 4.79 Å². The number of hydrogen-bond acceptors (Lipinski definition) is 5. The van der Waals surface area contributed by atoms with Crippen LogP contribution in [0, 0.1) is 0 Å². The molecule has 0 spiro atoms. The van der Waals surface area contributed by atoms with Crippen molar-refractivity contribution in [3.8, 4) is 0 Å². The Bertz CT molecular complexity index is 868. The summed E-state index contributed by atoms with van der Waals surface area (Å²) < 4.78 is 3.91. The summed E-state index contributed by atoms with van der Waals surface area (Å²) in [5, 5.41) is 9.89. The van der Waals surface area contributed by atoms with Crippen LogP contribution in [-0.4, -0.2) is 15.5 Å². The first-order valence-electron chi connectivity index (χ1n) is 6.96. The van der Waals surface area contributed by atoms with Gasteiger partial charge in [0.2, 0.25) is 0 Å². The van der Waals surface area contributed by atoms with Gasteiger partial charge in [-0.05, 0) is 41.9 Å². The van der Waals surface area contributed by atoms with E-state index >= 15 is 0 Å². The van der Waals surface area contributed by atoms with Crippen molar-refractivity contribution in [2.24, 2.45) is 0 Å². The lowest BCUT2D eigenvalue weighted by molar-refractivity contribution is 0.0974. The molecule has 7 heteroatoms. The Morgan fingerprint density at radius 1 is 1.17 bits per heavy atom. The normalized spacial score (nSPS) is 16.8. The molecule has 114 valence electrons. The number of aromatic nitrogens is 2. The van der Waals surface area contributed by atoms with Crippen LogP contribution >= 0.6 is 23.1 Å². The van der Waals surface area contributed by atoms with Crippen molar-refractivity contribution >= 4 is 40.4 Å². The van der Waals surface area contributed by atoms with Crippen LogP contribution in [0.25, 0.3) is 0 Å². The average molecular weight is 343 g/mol. The van der Waals surface area contributed by atoms with Crippen molar-refractivity contribution in [3.05, 3.63) is 70.2 Å². The van der Waals surface area contributed by atoms with E-state index in [1.807, 2.05) is 35.7 Å². The van der Waals surface area contributed by atoms with Crippen LogP contribution in [-0.2, 0) is 0 Å². The quantitative estimate of drug-likeness (QED) is 0.765. The second-order valence-corrected chi connectivity index (χ2v) is 6.12. The summed E-state index contributed by atoms with van der Waals surface area (Å²) in [7, 11) is 0. The Kier molecular flexibility index (Phi) is 3.48. The molecule has 23 heavy (non-hydrogen) atoms. The largest absolute Gasteiger partial charge is 0.359 e. The summed E-state index contributed by atoms with van der Waals surface area (Å²) in [5.74, 6) is -0.0976. The molecule has 0 saturated carbocycles. The molecular weight excluding hydrogens is 332 g/mol. The lowest BCUT2D eigenvalue weighted by Gasteiger charge is -2.36. The van der Waals surface area contributed by atoms with Gasteiger partial charge in [0, 0.05) is 21.8 Å². The lowest BCUT2D eigenvalue weighted by Crippen LogP contribution is -2.43. The van der Waals surface area contributed by atoms with E-state index < -0.39 is 6.17 Å². The average Bonchev–Trinajstić information content (AvgIpc) is 3.09. The number of rotatable bonds is 2. The maximum absolute atomic E-state index is 13.0. The van der Waals surface area contributed by atoms with Gasteiger partial charge in [0.1, 0.15) is 5.69 Å². The number of benzene rings is 2. The highest BCUT2D eigenvalue weighted by Gasteiger charge is 2.35. The zero-order chi connectivity index (χ0) is 15.8. The van der Waals surface area contributed by atoms with Gasteiger partial charge >= 0.3 is 0 Å². The summed E-state index contributed by atoms with van der Waals surface area (Å²) >= 11 is 7.35. The van der Waals surface area contributed by atoms with Crippen LogP contribution in [0.15, 0.2) is 53.9 Å². The molecule has 1 amide bonds. The fraction of sp³-hybridized carbons (Fsp3) is 0.0625. The highest BCUT2D eigenvalue weighted by molar-refractivity contribution is 7.03. The second-order valence-electron chi connectivity index (χ2n) is 5.08. The van der Waals surface area contributed by atoms with Gasteiger partial charge in [0.05, 0.1) is 5.56 Å². The molecule has 1 aliphatic rings. The van der Waals surface area contributed by atoms with E-state index in [0.717, 1.165) is 5.69 Å². The van der Waals surface area contributed by atoms with E-state index in [0.29, 0.717) is 22.0 Å². The summed E-state index contributed by atoms with van der Waals surface area (Å²) in [4.78, 5) is 14.7. The van der Waals surface area contributed by atoms with Gasteiger partial charge in [-0.1, -0.05) is 34.3 Å². The molecule has 1 atom stereocenters. The molecular formula is C16H11ClN4OS. The van der Waals surface area contributed by atoms with Crippen molar-refractivity contribution in [1.29, 1.82) is 0 Å². The van der Waals surface area contributed by atoms with Gasteiger partial charge in [0.25, 0.3) is 5.91 Å². The minimum atomic E-state index is -0.422. The molecule has 0 radical (unpaired) electrons. The van der Waals surface area contributed by atoms with E-state index in [2.05, 4.69) is 14.9 Å². The van der Waals surface area contributed by atoms with E-state index in [4.69, 9.17) is 11.6 Å². The molecule has 2 aromatic carbocycles. The van der Waals surface area contributed by atoms with Gasteiger partial charge < -0.3 is 5.32 Å². The van der Waals surface area contributed by atoms with Crippen LogP contribution in [0.3, 0.4) is 0 Å². The minimum absolute atomic E-state index is 0.0976. The zero-order valence-corrected chi connectivity index (χ0v) is 13.4. The van der Waals surface area contributed by atoms with Gasteiger partial charge in [-0.15, -0.1) is 5.10 Å². The Balaban J connectivity index is 1.87. The number of halogens is 1. The topological polar surface area (TPSA) is 58.1 Å². The number of carbonyl (C=O) groups is 1. The van der Waals surface area contributed by atoms with E-state index in [1.165, 1.54) is 11.5 Å². The number of para-hydroxylation sites is 1. The Morgan fingerprint density at radius 2 is 2.04 bits per heavy atom. The van der Waals surface area contributed by atoms with Crippen LogP contribution in [0.5, 0.6) is 0 Å². The van der Waals surface area contributed by atoms with Gasteiger partial charge in [-0.3, -0.25) is 9.69 Å². The molecule has 2 heterocycles. The molecule has 0 fully saturated rings. The van der Waals surface area contributed by atoms with Crippen LogP contribution in [0.4, 0.5) is 11.4 Å². The molecule has 5 nitrogen and oxygen atoms in total. The third-order valence-electron chi connectivity index (χ3n) is 3.67. The number of nitrogens with zero attached hydrogens (tertiary/aromatic N) is 3. The summed E-state index contributed by atoms with van der Waals surface area (Å²) in [6, 6.07) is 14.6. The highest BCUT2D eigenvalue weighted by Crippen LogP contribution is 2.36. The number of anilines is 2. The Labute approximate surface area is 141 Å². The number of nitrogens with one attached hydrogen (secondary N) is 1. The molecule has 1 N–H and O–H groups in total. The molecule has 1 aliphatic heterocycles. The van der Waals surface area contributed by atoms with E-state index in [1.54, 1.807) is 23.1 Å². The van der Waals surface area contributed by atoms with Crippen LogP contribution < -0.4 is 10.2 Å². The fourth-order valence-corrected chi connectivity index (χ4v) is 3.30. The summed E-state index contributed by atoms with van der Waals surface area (Å²) in [6.07, 6.45) is -0.422. The molecule has 1 aromatic heterocycles. The van der Waals surface area contributed by atoms with Gasteiger partial charge in [0.15, 0.2) is 6.17 Å². The molecule has 0 saturated heterocycles. The maximum atomic E-state index is 13.0. The third-order valence-corrected chi connectivity index (χ3v) is 4.43. The van der Waals surface area contributed by atoms with Crippen molar-refractivity contribution in [2.45, 2.75) is 6.17 Å². The molecule has 3 aromatic rings. The maximum Gasteiger partial charge on any atom is 0.262 e. The predicted octanol–water partition coefficient (Wildman–Crippen LogP) is 3.96. The molecule has 0 aliphatic carbocycles. The summed E-state index contributed by atoms with van der Waals surface area (Å²) in [5.41, 5.74) is 2.81. The third kappa shape index (κ3) is 2.46. The molecule has 0 unspecified atom stereocenters. The lowest BCUT2D eigenvalue weighted by atomic mass is 10.1. The zero-order valence-electron chi connectivity index (χ0n) is 11.8. The monoisotopic (exact) mass is 342 g/mol. The molecule has 4 rings (SSSR count). The standard InChI is InChI=1S/C16H11ClN4OS/c17-10-4-3-5-11(8-10)21-15(14-9-23-20-19-14)18-13-7-2-1-6-12(13)16(21)22/h1-9,15,18H/t15-/m0/s1. The van der Waals surface area contributed by atoms with Gasteiger partial charge in [-0.25, -0.2) is 0 Å². The SMILES string of the molecule is O=C1c2ccccc2N[C@H](c2csnn2)N1c1cccc(Cl)c1. The fourth-order valence-electron chi connectivity index (χ4n) is 2.64. The highest BCUT2D eigenvalue weighted by atomic mass is 35.5. The first-order valence-corrected chi connectivity index (χ1v) is 8.17. The Morgan fingerprint density at radius 3 is 2.83 bits per heavy atom. The van der Waals surface area contributed by atoms with Crippen molar-refractivity contribution in [1.82, 2.24) is 9.59 Å². The Hall–Kier alpha value is -2.44. The van der Waals surface area contributed by atoms with Crippen LogP contribution in [0.1, 0.15) is 22.2 Å². The smallest absolute Gasteiger partial charge is 0.262 e.